The fourth-order valence-corrected chi connectivity index (χ4v) is 2.83. The molecule has 0 aromatic heterocycles. The van der Waals surface area contributed by atoms with E-state index in [1.165, 1.54) is 37.8 Å². The van der Waals surface area contributed by atoms with Crippen molar-refractivity contribution in [3.05, 3.63) is 29.6 Å². The Morgan fingerprint density at radius 3 is 2.81 bits per heavy atom. The van der Waals surface area contributed by atoms with Gasteiger partial charge in [-0.1, -0.05) is 18.9 Å². The third-order valence-corrected chi connectivity index (χ3v) is 4.10. The Balaban J connectivity index is 1.86. The highest BCUT2D eigenvalue weighted by atomic mass is 19.1. The molecule has 0 aliphatic heterocycles. The highest BCUT2D eigenvalue weighted by Gasteiger charge is 2.19. The summed E-state index contributed by atoms with van der Waals surface area (Å²) in [5, 5.41) is 2.81. The SMILES string of the molecule is CN(CCNC(=O)c1cccc(F)c1NN)C1CCCC1. The van der Waals surface area contributed by atoms with E-state index < -0.39 is 5.82 Å². The molecule has 0 unspecified atom stereocenters. The van der Waals surface area contributed by atoms with Gasteiger partial charge in [0.05, 0.1) is 11.3 Å². The summed E-state index contributed by atoms with van der Waals surface area (Å²) < 4.78 is 13.5. The van der Waals surface area contributed by atoms with E-state index in [1.54, 1.807) is 6.07 Å². The van der Waals surface area contributed by atoms with Gasteiger partial charge < -0.3 is 15.6 Å². The van der Waals surface area contributed by atoms with Crippen LogP contribution in [0.3, 0.4) is 0 Å². The zero-order valence-electron chi connectivity index (χ0n) is 12.4. The predicted octanol–water partition coefficient (Wildman–Crippen LogP) is 1.72. The van der Waals surface area contributed by atoms with E-state index in [0.29, 0.717) is 12.6 Å². The minimum atomic E-state index is -0.534. The number of nitrogen functional groups attached to an aromatic ring is 1. The highest BCUT2D eigenvalue weighted by molar-refractivity contribution is 5.99. The van der Waals surface area contributed by atoms with E-state index in [-0.39, 0.29) is 17.2 Å². The summed E-state index contributed by atoms with van der Waals surface area (Å²) in [6.07, 6.45) is 5.04. The van der Waals surface area contributed by atoms with Crippen molar-refractivity contribution in [3.63, 3.8) is 0 Å². The van der Waals surface area contributed by atoms with Crippen molar-refractivity contribution in [2.75, 3.05) is 25.6 Å². The van der Waals surface area contributed by atoms with E-state index in [0.717, 1.165) is 6.54 Å². The van der Waals surface area contributed by atoms with Crippen LogP contribution in [0.2, 0.25) is 0 Å². The number of nitrogens with one attached hydrogen (secondary N) is 2. The summed E-state index contributed by atoms with van der Waals surface area (Å²) in [7, 11) is 2.08. The number of nitrogens with two attached hydrogens (primary N) is 1. The number of hydrogen-bond donors (Lipinski definition) is 3. The number of likely N-dealkylation sites (N-methyl/N-ethyl adjacent to an activating group) is 1. The molecule has 0 spiro atoms. The van der Waals surface area contributed by atoms with Crippen LogP contribution in [0, 0.1) is 5.82 Å². The van der Waals surface area contributed by atoms with Gasteiger partial charge in [0.15, 0.2) is 0 Å². The number of carbonyl (C=O) groups excluding carboxylic acids is 1. The Kier molecular flexibility index (Phi) is 5.52. The molecule has 0 atom stereocenters. The number of halogens is 1. The highest BCUT2D eigenvalue weighted by Crippen LogP contribution is 2.22. The van der Waals surface area contributed by atoms with Crippen LogP contribution in [0.15, 0.2) is 18.2 Å². The van der Waals surface area contributed by atoms with Gasteiger partial charge in [-0.2, -0.15) is 0 Å². The molecule has 1 amide bonds. The monoisotopic (exact) mass is 294 g/mol. The average molecular weight is 294 g/mol. The fourth-order valence-electron chi connectivity index (χ4n) is 2.83. The van der Waals surface area contributed by atoms with Crippen molar-refractivity contribution in [3.8, 4) is 0 Å². The third-order valence-electron chi connectivity index (χ3n) is 4.10. The standard InChI is InChI=1S/C15H23FN4O/c1-20(11-5-2-3-6-11)10-9-18-15(21)12-7-4-8-13(16)14(12)19-17/h4,7-8,11,19H,2-3,5-6,9-10,17H2,1H3,(H,18,21). The normalized spacial score (nSPS) is 15.4. The first-order valence-electron chi connectivity index (χ1n) is 7.37. The number of rotatable bonds is 6. The molecule has 2 rings (SSSR count). The molecule has 1 aromatic rings. The number of anilines is 1. The molecule has 1 saturated carbocycles. The summed E-state index contributed by atoms with van der Waals surface area (Å²) >= 11 is 0. The summed E-state index contributed by atoms with van der Waals surface area (Å²) in [6.45, 7) is 1.32. The van der Waals surface area contributed by atoms with Gasteiger partial charge in [0.2, 0.25) is 0 Å². The molecular formula is C15H23FN4O. The minimum Gasteiger partial charge on any atom is -0.351 e. The number of hydrazine groups is 1. The van der Waals surface area contributed by atoms with Crippen LogP contribution in [0.4, 0.5) is 10.1 Å². The van der Waals surface area contributed by atoms with Crippen molar-refractivity contribution < 1.29 is 9.18 Å². The van der Waals surface area contributed by atoms with Gasteiger partial charge >= 0.3 is 0 Å². The van der Waals surface area contributed by atoms with E-state index in [4.69, 9.17) is 5.84 Å². The molecule has 6 heteroatoms. The molecule has 21 heavy (non-hydrogen) atoms. The molecular weight excluding hydrogens is 271 g/mol. The molecule has 1 aromatic carbocycles. The van der Waals surface area contributed by atoms with Gasteiger partial charge in [0.1, 0.15) is 5.82 Å². The zero-order chi connectivity index (χ0) is 15.2. The van der Waals surface area contributed by atoms with Crippen molar-refractivity contribution in [1.29, 1.82) is 0 Å². The summed E-state index contributed by atoms with van der Waals surface area (Å²) in [4.78, 5) is 14.4. The smallest absolute Gasteiger partial charge is 0.253 e. The van der Waals surface area contributed by atoms with E-state index in [2.05, 4.69) is 22.7 Å². The van der Waals surface area contributed by atoms with Crippen molar-refractivity contribution in [2.45, 2.75) is 31.7 Å². The molecule has 0 heterocycles. The molecule has 1 aliphatic carbocycles. The number of benzene rings is 1. The number of carbonyl (C=O) groups is 1. The Morgan fingerprint density at radius 1 is 1.43 bits per heavy atom. The van der Waals surface area contributed by atoms with E-state index in [9.17, 15) is 9.18 Å². The van der Waals surface area contributed by atoms with E-state index >= 15 is 0 Å². The minimum absolute atomic E-state index is 0.0270. The first-order valence-corrected chi connectivity index (χ1v) is 7.37. The van der Waals surface area contributed by atoms with Crippen LogP contribution >= 0.6 is 0 Å². The van der Waals surface area contributed by atoms with Gasteiger partial charge in [-0.15, -0.1) is 0 Å². The lowest BCUT2D eigenvalue weighted by Crippen LogP contribution is -2.37. The van der Waals surface area contributed by atoms with Gasteiger partial charge in [-0.05, 0) is 32.0 Å². The second-order valence-corrected chi connectivity index (χ2v) is 5.48. The quantitative estimate of drug-likeness (QED) is 0.552. The van der Waals surface area contributed by atoms with Crippen LogP contribution < -0.4 is 16.6 Å². The van der Waals surface area contributed by atoms with Crippen LogP contribution in [0.5, 0.6) is 0 Å². The molecule has 1 fully saturated rings. The third kappa shape index (κ3) is 3.92. The zero-order valence-corrected chi connectivity index (χ0v) is 12.4. The molecule has 4 N–H and O–H groups in total. The van der Waals surface area contributed by atoms with Crippen LogP contribution in [-0.2, 0) is 0 Å². The van der Waals surface area contributed by atoms with Crippen molar-refractivity contribution >= 4 is 11.6 Å². The first-order chi connectivity index (χ1) is 10.1. The maximum absolute atomic E-state index is 13.5. The van der Waals surface area contributed by atoms with Gasteiger partial charge in [0.25, 0.3) is 5.91 Å². The second-order valence-electron chi connectivity index (χ2n) is 5.48. The fraction of sp³-hybridized carbons (Fsp3) is 0.533. The molecule has 0 saturated heterocycles. The Bertz CT molecular complexity index is 489. The van der Waals surface area contributed by atoms with Crippen molar-refractivity contribution in [2.24, 2.45) is 5.84 Å². The Morgan fingerprint density at radius 2 is 2.14 bits per heavy atom. The maximum Gasteiger partial charge on any atom is 0.253 e. The van der Waals surface area contributed by atoms with Crippen LogP contribution in [0.1, 0.15) is 36.0 Å². The predicted molar refractivity (Wildman–Crippen MR) is 81.4 cm³/mol. The largest absolute Gasteiger partial charge is 0.351 e. The lowest BCUT2D eigenvalue weighted by atomic mass is 10.1. The van der Waals surface area contributed by atoms with Crippen molar-refractivity contribution in [1.82, 2.24) is 10.2 Å². The van der Waals surface area contributed by atoms with Gasteiger partial charge in [-0.3, -0.25) is 10.6 Å². The van der Waals surface area contributed by atoms with Gasteiger partial charge in [0, 0.05) is 19.1 Å². The topological polar surface area (TPSA) is 70.4 Å². The Hall–Kier alpha value is -1.66. The average Bonchev–Trinajstić information content (AvgIpc) is 3.01. The summed E-state index contributed by atoms with van der Waals surface area (Å²) in [6, 6.07) is 4.93. The number of nitrogens with zero attached hydrogens (tertiary/aromatic N) is 1. The van der Waals surface area contributed by atoms with Crippen LogP contribution in [-0.4, -0.2) is 37.0 Å². The lowest BCUT2D eigenvalue weighted by Gasteiger charge is -2.24. The maximum atomic E-state index is 13.5. The molecule has 1 aliphatic rings. The van der Waals surface area contributed by atoms with E-state index in [1.807, 2.05) is 0 Å². The summed E-state index contributed by atoms with van der Waals surface area (Å²) in [5.41, 5.74) is 2.49. The first kappa shape index (κ1) is 15.7. The second kappa shape index (κ2) is 7.38. The Labute approximate surface area is 124 Å². The summed E-state index contributed by atoms with van der Waals surface area (Å²) in [5.74, 6) is 4.42. The number of hydrogen-bond acceptors (Lipinski definition) is 4. The van der Waals surface area contributed by atoms with Gasteiger partial charge in [-0.25, -0.2) is 4.39 Å². The number of para-hydroxylation sites is 1. The molecule has 116 valence electrons. The van der Waals surface area contributed by atoms with Crippen LogP contribution in [0.25, 0.3) is 0 Å². The number of amides is 1. The lowest BCUT2D eigenvalue weighted by molar-refractivity contribution is 0.0947. The molecule has 5 nitrogen and oxygen atoms in total. The molecule has 0 radical (unpaired) electrons. The molecule has 0 bridgehead atoms.